The number of phenolic OH excluding ortho intramolecular Hbond substituents is 2. The number of phenols is 2. The van der Waals surface area contributed by atoms with Crippen LogP contribution in [0.1, 0.15) is 27.0 Å². The molecule has 2 aliphatic heterocycles. The molecule has 4 aromatic rings. The van der Waals surface area contributed by atoms with Gasteiger partial charge in [-0.15, -0.1) is 0 Å². The zero-order chi connectivity index (χ0) is 23.6. The number of anilines is 2. The molecule has 34 heavy (non-hydrogen) atoms. The number of fused-ring (bicyclic) bond motifs is 6. The fraction of sp³-hybridized carbons (Fsp3) is 0.0435. The molecule has 0 amide bonds. The fourth-order valence-electron chi connectivity index (χ4n) is 4.39. The molecule has 1 aromatic heterocycles. The lowest BCUT2D eigenvalue weighted by Gasteiger charge is -2.37. The van der Waals surface area contributed by atoms with Gasteiger partial charge in [-0.1, -0.05) is 18.2 Å². The summed E-state index contributed by atoms with van der Waals surface area (Å²) in [7, 11) is 0. The quantitative estimate of drug-likeness (QED) is 0.333. The molecule has 3 heterocycles. The van der Waals surface area contributed by atoms with Crippen molar-refractivity contribution in [2.24, 2.45) is 0 Å². The van der Waals surface area contributed by atoms with Crippen LogP contribution >= 0.6 is 23.2 Å². The number of ether oxygens (including phenoxy) is 2. The lowest BCUT2D eigenvalue weighted by atomic mass is 9.77. The van der Waals surface area contributed by atoms with Crippen molar-refractivity contribution in [3.63, 3.8) is 0 Å². The number of aromatic hydroxyl groups is 2. The summed E-state index contributed by atoms with van der Waals surface area (Å²) in [4.78, 5) is 24.8. The third-order valence-electron chi connectivity index (χ3n) is 5.60. The van der Waals surface area contributed by atoms with Gasteiger partial charge >= 0.3 is 5.97 Å². The Balaban J connectivity index is 1.67. The highest BCUT2D eigenvalue weighted by Crippen LogP contribution is 2.59. The maximum Gasteiger partial charge on any atom is 0.340 e. The van der Waals surface area contributed by atoms with E-state index in [1.807, 2.05) is 0 Å². The number of nitrogens with zero attached hydrogens (tertiary/aromatic N) is 3. The minimum atomic E-state index is -1.46. The molecule has 3 aromatic carbocycles. The second kappa shape index (κ2) is 7.21. The third kappa shape index (κ3) is 2.94. The summed E-state index contributed by atoms with van der Waals surface area (Å²) in [6, 6.07) is 14.3. The largest absolute Gasteiger partial charge is 0.508 e. The zero-order valence-corrected chi connectivity index (χ0v) is 18.4. The molecule has 3 N–H and O–H groups in total. The zero-order valence-electron chi connectivity index (χ0n) is 16.9. The SMILES string of the molecule is O=C1OC2(c3ccc(O)cc3Oc3cc(O)cc(Nc4nc(Cl)nc(Cl)n4)c32)c2ccccc21. The van der Waals surface area contributed by atoms with E-state index in [-0.39, 0.29) is 45.2 Å². The van der Waals surface area contributed by atoms with Crippen LogP contribution in [0.4, 0.5) is 11.6 Å². The first-order valence-electron chi connectivity index (χ1n) is 9.91. The van der Waals surface area contributed by atoms with Crippen molar-refractivity contribution in [1.29, 1.82) is 0 Å². The lowest BCUT2D eigenvalue weighted by Crippen LogP contribution is -2.33. The standard InChI is InChI=1S/C23H12Cl2N4O5/c24-20-27-21(25)29-22(28-20)26-15-7-11(31)9-17-18(15)23(14-6-5-10(30)8-16(14)33-17)13-4-2-1-3-12(13)19(32)34-23/h1-9,30-31H,(H,26,27,28,29). The molecule has 0 bridgehead atoms. The van der Waals surface area contributed by atoms with Crippen molar-refractivity contribution in [3.8, 4) is 23.0 Å². The number of hydrogen-bond acceptors (Lipinski definition) is 9. The Morgan fingerprint density at radius 2 is 1.59 bits per heavy atom. The lowest BCUT2D eigenvalue weighted by molar-refractivity contribution is 0.0226. The maximum absolute atomic E-state index is 13.0. The van der Waals surface area contributed by atoms with Gasteiger partial charge in [-0.2, -0.15) is 15.0 Å². The van der Waals surface area contributed by atoms with Gasteiger partial charge in [-0.3, -0.25) is 0 Å². The van der Waals surface area contributed by atoms with Gasteiger partial charge in [0.15, 0.2) is 5.60 Å². The molecule has 0 aliphatic carbocycles. The number of hydrogen-bond donors (Lipinski definition) is 3. The predicted molar refractivity (Wildman–Crippen MR) is 121 cm³/mol. The van der Waals surface area contributed by atoms with Gasteiger partial charge < -0.3 is 25.0 Å². The molecule has 6 rings (SSSR count). The molecule has 0 saturated heterocycles. The van der Waals surface area contributed by atoms with Crippen LogP contribution in [-0.2, 0) is 10.3 Å². The van der Waals surface area contributed by atoms with Crippen molar-refractivity contribution >= 4 is 40.8 Å². The van der Waals surface area contributed by atoms with E-state index in [4.69, 9.17) is 32.7 Å². The predicted octanol–water partition coefficient (Wildman–Crippen LogP) is 4.90. The third-order valence-corrected chi connectivity index (χ3v) is 5.94. The Labute approximate surface area is 201 Å². The van der Waals surface area contributed by atoms with E-state index in [2.05, 4.69) is 20.3 Å². The van der Waals surface area contributed by atoms with Crippen LogP contribution in [0.2, 0.25) is 10.6 Å². The van der Waals surface area contributed by atoms with Crippen LogP contribution in [-0.4, -0.2) is 31.1 Å². The first kappa shape index (κ1) is 20.5. The van der Waals surface area contributed by atoms with Gasteiger partial charge in [0.2, 0.25) is 16.5 Å². The number of rotatable bonds is 2. The highest BCUT2D eigenvalue weighted by molar-refractivity contribution is 6.31. The van der Waals surface area contributed by atoms with Crippen molar-refractivity contribution in [2.75, 3.05) is 5.32 Å². The van der Waals surface area contributed by atoms with Crippen molar-refractivity contribution in [3.05, 3.63) is 87.4 Å². The number of benzene rings is 3. The highest BCUT2D eigenvalue weighted by atomic mass is 35.5. The van der Waals surface area contributed by atoms with E-state index in [0.29, 0.717) is 22.3 Å². The second-order valence-corrected chi connectivity index (χ2v) is 8.26. The summed E-state index contributed by atoms with van der Waals surface area (Å²) in [5.41, 5.74) is 0.625. The molecular formula is C23H12Cl2N4O5. The van der Waals surface area contributed by atoms with Gasteiger partial charge in [0, 0.05) is 29.3 Å². The summed E-state index contributed by atoms with van der Waals surface area (Å²) >= 11 is 11.9. The molecule has 11 heteroatoms. The minimum Gasteiger partial charge on any atom is -0.508 e. The summed E-state index contributed by atoms with van der Waals surface area (Å²) in [5, 5.41) is 23.2. The van der Waals surface area contributed by atoms with Gasteiger partial charge in [0.05, 0.1) is 16.8 Å². The molecular weight excluding hydrogens is 483 g/mol. The van der Waals surface area contributed by atoms with E-state index in [0.717, 1.165) is 0 Å². The minimum absolute atomic E-state index is 0.00191. The summed E-state index contributed by atoms with van der Waals surface area (Å²) < 4.78 is 12.1. The Bertz CT molecular complexity index is 1510. The Morgan fingerprint density at radius 1 is 0.853 bits per heavy atom. The Morgan fingerprint density at radius 3 is 2.38 bits per heavy atom. The average molecular weight is 495 g/mol. The van der Waals surface area contributed by atoms with Gasteiger partial charge in [-0.25, -0.2) is 4.79 Å². The van der Waals surface area contributed by atoms with E-state index in [1.54, 1.807) is 30.3 Å². The molecule has 9 nitrogen and oxygen atoms in total. The summed E-state index contributed by atoms with van der Waals surface area (Å²) in [5.74, 6) is -0.266. The van der Waals surface area contributed by atoms with E-state index in [1.165, 1.54) is 24.3 Å². The number of halogens is 2. The van der Waals surface area contributed by atoms with E-state index in [9.17, 15) is 15.0 Å². The molecule has 0 radical (unpaired) electrons. The van der Waals surface area contributed by atoms with Crippen molar-refractivity contribution in [1.82, 2.24) is 15.0 Å². The molecule has 168 valence electrons. The van der Waals surface area contributed by atoms with E-state index < -0.39 is 11.6 Å². The first-order valence-corrected chi connectivity index (χ1v) is 10.7. The van der Waals surface area contributed by atoms with E-state index >= 15 is 0 Å². The summed E-state index contributed by atoms with van der Waals surface area (Å²) in [6.45, 7) is 0. The first-order chi connectivity index (χ1) is 16.3. The maximum atomic E-state index is 13.0. The highest BCUT2D eigenvalue weighted by Gasteiger charge is 2.55. The van der Waals surface area contributed by atoms with Gasteiger partial charge in [0.25, 0.3) is 0 Å². The molecule has 1 atom stereocenters. The molecule has 2 aliphatic rings. The van der Waals surface area contributed by atoms with Crippen LogP contribution in [0.5, 0.6) is 23.0 Å². The fourth-order valence-corrected chi connectivity index (χ4v) is 4.75. The topological polar surface area (TPSA) is 127 Å². The van der Waals surface area contributed by atoms with Crippen LogP contribution < -0.4 is 10.1 Å². The number of aromatic nitrogens is 3. The van der Waals surface area contributed by atoms with Gasteiger partial charge in [-0.05, 0) is 41.4 Å². The monoisotopic (exact) mass is 494 g/mol. The van der Waals surface area contributed by atoms with Gasteiger partial charge in [0.1, 0.15) is 23.0 Å². The number of carbonyl (C=O) groups excluding carboxylic acids is 1. The normalized spacial score (nSPS) is 17.4. The second-order valence-electron chi connectivity index (χ2n) is 7.59. The molecule has 1 unspecified atom stereocenters. The number of nitrogens with one attached hydrogen (secondary N) is 1. The Kier molecular flexibility index (Phi) is 4.35. The smallest absolute Gasteiger partial charge is 0.340 e. The molecule has 0 fully saturated rings. The number of esters is 1. The average Bonchev–Trinajstić information content (AvgIpc) is 3.05. The number of carbonyl (C=O) groups is 1. The van der Waals surface area contributed by atoms with Crippen LogP contribution in [0.15, 0.2) is 54.6 Å². The van der Waals surface area contributed by atoms with Crippen LogP contribution in [0, 0.1) is 0 Å². The summed E-state index contributed by atoms with van der Waals surface area (Å²) in [6.07, 6.45) is 0. The molecule has 0 saturated carbocycles. The van der Waals surface area contributed by atoms with Crippen LogP contribution in [0.25, 0.3) is 0 Å². The Hall–Kier alpha value is -4.08. The molecule has 1 spiro atoms. The van der Waals surface area contributed by atoms with Crippen molar-refractivity contribution in [2.45, 2.75) is 5.60 Å². The van der Waals surface area contributed by atoms with Crippen molar-refractivity contribution < 1.29 is 24.5 Å². The van der Waals surface area contributed by atoms with Crippen LogP contribution in [0.3, 0.4) is 0 Å².